The summed E-state index contributed by atoms with van der Waals surface area (Å²) in [4.78, 5) is 39.9. The molecule has 1 heterocycles. The first-order valence-corrected chi connectivity index (χ1v) is 11.4. The summed E-state index contributed by atoms with van der Waals surface area (Å²) in [5.41, 5.74) is 1.62. The van der Waals surface area contributed by atoms with Crippen LogP contribution in [-0.4, -0.2) is 64.4 Å². The number of carboxylic acid groups (broad SMARTS) is 1. The maximum absolute atomic E-state index is 12.6. The van der Waals surface area contributed by atoms with Gasteiger partial charge in [-0.15, -0.1) is 0 Å². The largest absolute Gasteiger partial charge is 0.480 e. The van der Waals surface area contributed by atoms with Gasteiger partial charge in [0.2, 0.25) is 5.91 Å². The highest BCUT2D eigenvalue weighted by atomic mass is 32.2. The molecular formula is C24H27N3O5S. The molecule has 1 saturated heterocycles. The van der Waals surface area contributed by atoms with Crippen LogP contribution in [0.25, 0.3) is 6.08 Å². The fourth-order valence-electron chi connectivity index (χ4n) is 3.65. The van der Waals surface area contributed by atoms with Crippen molar-refractivity contribution in [2.75, 3.05) is 26.7 Å². The van der Waals surface area contributed by atoms with Crippen LogP contribution < -0.4 is 0 Å². The molecule has 33 heavy (non-hydrogen) atoms. The number of hydrogen-bond donors (Lipinski definition) is 1. The molecule has 1 amide bonds. The van der Waals surface area contributed by atoms with Crippen LogP contribution in [-0.2, 0) is 9.59 Å². The van der Waals surface area contributed by atoms with Crippen LogP contribution in [0, 0.1) is 10.1 Å². The molecule has 1 aliphatic rings. The van der Waals surface area contributed by atoms with Crippen LogP contribution in [0.2, 0.25) is 0 Å². The quantitative estimate of drug-likeness (QED) is 0.370. The molecule has 1 fully saturated rings. The van der Waals surface area contributed by atoms with E-state index in [1.165, 1.54) is 34.9 Å². The predicted octanol–water partition coefficient (Wildman–Crippen LogP) is 4.11. The molecule has 8 nitrogen and oxygen atoms in total. The number of benzene rings is 2. The Kier molecular flexibility index (Phi) is 7.88. The standard InChI is InChI=1S/C24H27N3O5S/c1-16(2)18-6-4-5-7-21(18)33-22-10-8-17(14-19(22)27(31)32)9-11-23(28)26-13-12-25(3)20(15-26)24(29)30/h4-11,14,16,20H,12-13,15H2,1-3H3,(H,29,30)/b11-9+. The Hall–Kier alpha value is -3.17. The Morgan fingerprint density at radius 2 is 1.91 bits per heavy atom. The van der Waals surface area contributed by atoms with Gasteiger partial charge in [0, 0.05) is 36.7 Å². The number of nitro benzene ring substituents is 1. The molecule has 174 valence electrons. The number of aliphatic carboxylic acids is 1. The molecule has 0 aliphatic carbocycles. The second-order valence-electron chi connectivity index (χ2n) is 8.23. The van der Waals surface area contributed by atoms with Gasteiger partial charge in [-0.1, -0.05) is 49.9 Å². The van der Waals surface area contributed by atoms with Crippen LogP contribution >= 0.6 is 11.8 Å². The molecule has 1 atom stereocenters. The van der Waals surface area contributed by atoms with Crippen LogP contribution in [0.15, 0.2) is 58.3 Å². The first-order valence-electron chi connectivity index (χ1n) is 10.6. The molecule has 2 aromatic rings. The van der Waals surface area contributed by atoms with Gasteiger partial charge in [-0.25, -0.2) is 0 Å². The third-order valence-electron chi connectivity index (χ3n) is 5.60. The summed E-state index contributed by atoms with van der Waals surface area (Å²) in [5, 5.41) is 21.0. The first kappa shape index (κ1) is 24.5. The van der Waals surface area contributed by atoms with Crippen molar-refractivity contribution in [3.05, 3.63) is 69.8 Å². The Morgan fingerprint density at radius 3 is 2.58 bits per heavy atom. The summed E-state index contributed by atoms with van der Waals surface area (Å²) >= 11 is 1.36. The molecule has 2 aromatic carbocycles. The van der Waals surface area contributed by atoms with Crippen molar-refractivity contribution >= 4 is 35.4 Å². The molecule has 1 aliphatic heterocycles. The van der Waals surface area contributed by atoms with E-state index < -0.39 is 16.9 Å². The lowest BCUT2D eigenvalue weighted by molar-refractivity contribution is -0.387. The van der Waals surface area contributed by atoms with Crippen LogP contribution in [0.1, 0.15) is 30.9 Å². The van der Waals surface area contributed by atoms with Gasteiger partial charge in [0.25, 0.3) is 5.69 Å². The summed E-state index contributed by atoms with van der Waals surface area (Å²) in [6, 6.07) is 12.0. The molecular weight excluding hydrogens is 442 g/mol. The molecule has 1 N–H and O–H groups in total. The maximum atomic E-state index is 12.6. The predicted molar refractivity (Wildman–Crippen MR) is 127 cm³/mol. The summed E-state index contributed by atoms with van der Waals surface area (Å²) in [7, 11) is 1.72. The number of carbonyl (C=O) groups is 2. The van der Waals surface area contributed by atoms with E-state index in [1.54, 1.807) is 24.1 Å². The normalized spacial score (nSPS) is 17.0. The zero-order valence-corrected chi connectivity index (χ0v) is 19.6. The molecule has 9 heteroatoms. The minimum absolute atomic E-state index is 0.0290. The number of carboxylic acids is 1. The summed E-state index contributed by atoms with van der Waals surface area (Å²) in [5.74, 6) is -1.00. The van der Waals surface area contributed by atoms with E-state index in [9.17, 15) is 24.8 Å². The molecule has 0 radical (unpaired) electrons. The second-order valence-corrected chi connectivity index (χ2v) is 9.31. The zero-order chi connectivity index (χ0) is 24.1. The summed E-state index contributed by atoms with van der Waals surface area (Å²) in [6.45, 7) is 5.15. The van der Waals surface area contributed by atoms with Crippen molar-refractivity contribution in [1.82, 2.24) is 9.80 Å². The molecule has 0 saturated carbocycles. The number of piperazine rings is 1. The van der Waals surface area contributed by atoms with E-state index in [0.29, 0.717) is 23.5 Å². The van der Waals surface area contributed by atoms with Crippen LogP contribution in [0.5, 0.6) is 0 Å². The maximum Gasteiger partial charge on any atom is 0.322 e. The van der Waals surface area contributed by atoms with Crippen LogP contribution in [0.4, 0.5) is 5.69 Å². The molecule has 0 spiro atoms. The minimum Gasteiger partial charge on any atom is -0.480 e. The number of nitrogens with zero attached hydrogens (tertiary/aromatic N) is 3. The fraction of sp³-hybridized carbons (Fsp3) is 0.333. The van der Waals surface area contributed by atoms with Crippen molar-refractivity contribution < 1.29 is 19.6 Å². The molecule has 3 rings (SSSR count). The van der Waals surface area contributed by atoms with Gasteiger partial charge in [0.15, 0.2) is 0 Å². The van der Waals surface area contributed by atoms with Gasteiger partial charge in [-0.2, -0.15) is 0 Å². The lowest BCUT2D eigenvalue weighted by Gasteiger charge is -2.36. The van der Waals surface area contributed by atoms with Crippen molar-refractivity contribution in [2.24, 2.45) is 0 Å². The SMILES string of the molecule is CC(C)c1ccccc1Sc1ccc(/C=C/C(=O)N2CCN(C)C(C(=O)O)C2)cc1[N+](=O)[O-]. The number of hydrogen-bond acceptors (Lipinski definition) is 6. The number of rotatable bonds is 7. The van der Waals surface area contributed by atoms with Gasteiger partial charge < -0.3 is 10.0 Å². The fourth-order valence-corrected chi connectivity index (χ4v) is 4.83. The Balaban J connectivity index is 1.78. The summed E-state index contributed by atoms with van der Waals surface area (Å²) in [6.07, 6.45) is 2.87. The Labute approximate surface area is 197 Å². The van der Waals surface area contributed by atoms with Crippen molar-refractivity contribution in [3.8, 4) is 0 Å². The molecule has 0 bridgehead atoms. The third kappa shape index (κ3) is 6.00. The molecule has 1 unspecified atom stereocenters. The van der Waals surface area contributed by atoms with Crippen molar-refractivity contribution in [2.45, 2.75) is 35.6 Å². The van der Waals surface area contributed by atoms with Crippen molar-refractivity contribution in [1.29, 1.82) is 0 Å². The molecule has 0 aromatic heterocycles. The van der Waals surface area contributed by atoms with E-state index in [-0.39, 0.29) is 24.1 Å². The lowest BCUT2D eigenvalue weighted by Crippen LogP contribution is -2.55. The second kappa shape index (κ2) is 10.6. The highest BCUT2D eigenvalue weighted by Crippen LogP contribution is 2.39. The van der Waals surface area contributed by atoms with Crippen molar-refractivity contribution in [3.63, 3.8) is 0 Å². The smallest absolute Gasteiger partial charge is 0.322 e. The minimum atomic E-state index is -0.971. The third-order valence-corrected chi connectivity index (χ3v) is 6.76. The van der Waals surface area contributed by atoms with Crippen LogP contribution in [0.3, 0.4) is 0 Å². The number of likely N-dealkylation sites (N-methyl/N-ethyl adjacent to an activating group) is 1. The average molecular weight is 470 g/mol. The summed E-state index contributed by atoms with van der Waals surface area (Å²) < 4.78 is 0. The number of amides is 1. The zero-order valence-electron chi connectivity index (χ0n) is 18.8. The average Bonchev–Trinajstić information content (AvgIpc) is 2.78. The highest BCUT2D eigenvalue weighted by Gasteiger charge is 2.31. The number of carbonyl (C=O) groups excluding carboxylic acids is 1. The number of nitro groups is 1. The van der Waals surface area contributed by atoms with Gasteiger partial charge in [-0.05, 0) is 42.3 Å². The van der Waals surface area contributed by atoms with E-state index >= 15 is 0 Å². The van der Waals surface area contributed by atoms with Gasteiger partial charge in [0.05, 0.1) is 9.82 Å². The van der Waals surface area contributed by atoms with E-state index in [0.717, 1.165) is 10.5 Å². The first-order chi connectivity index (χ1) is 15.7. The van der Waals surface area contributed by atoms with E-state index in [2.05, 4.69) is 13.8 Å². The van der Waals surface area contributed by atoms with E-state index in [1.807, 2.05) is 24.3 Å². The Bertz CT molecular complexity index is 1090. The van der Waals surface area contributed by atoms with Gasteiger partial charge in [0.1, 0.15) is 6.04 Å². The van der Waals surface area contributed by atoms with Gasteiger partial charge in [-0.3, -0.25) is 24.6 Å². The monoisotopic (exact) mass is 469 g/mol. The topological polar surface area (TPSA) is 104 Å². The lowest BCUT2D eigenvalue weighted by atomic mass is 10.0. The van der Waals surface area contributed by atoms with Gasteiger partial charge >= 0.3 is 5.97 Å². The van der Waals surface area contributed by atoms with E-state index in [4.69, 9.17) is 0 Å². The highest BCUT2D eigenvalue weighted by molar-refractivity contribution is 7.99. The Morgan fingerprint density at radius 1 is 1.18 bits per heavy atom.